The molecule has 0 bridgehead atoms. The van der Waals surface area contributed by atoms with Crippen LogP contribution in [0.4, 0.5) is 5.13 Å². The summed E-state index contributed by atoms with van der Waals surface area (Å²) >= 11 is 7.71. The van der Waals surface area contributed by atoms with Crippen molar-refractivity contribution in [1.29, 1.82) is 0 Å². The number of halogens is 1. The molecule has 0 radical (unpaired) electrons. The second-order valence-corrected chi connectivity index (χ2v) is 7.56. The Labute approximate surface area is 156 Å². The summed E-state index contributed by atoms with van der Waals surface area (Å²) in [4.78, 5) is 19.1. The molecule has 134 valence electrons. The lowest BCUT2D eigenvalue weighted by atomic mass is 10.1. The zero-order valence-corrected chi connectivity index (χ0v) is 15.7. The third-order valence-corrected chi connectivity index (χ3v) is 5.71. The summed E-state index contributed by atoms with van der Waals surface area (Å²) in [5, 5.41) is 10.7. The average Bonchev–Trinajstić information content (AvgIpc) is 2.81. The summed E-state index contributed by atoms with van der Waals surface area (Å²) in [6.45, 7) is 1.95. The van der Waals surface area contributed by atoms with Gasteiger partial charge in [0.25, 0.3) is 0 Å². The summed E-state index contributed by atoms with van der Waals surface area (Å²) in [6.07, 6.45) is 4.75. The number of carboxylic acid groups (broad SMARTS) is 1. The first-order valence-corrected chi connectivity index (χ1v) is 9.58. The zero-order valence-electron chi connectivity index (χ0n) is 14.1. The number of methoxy groups -OCH3 is 1. The van der Waals surface area contributed by atoms with Gasteiger partial charge in [0.2, 0.25) is 0 Å². The lowest BCUT2D eigenvalue weighted by Gasteiger charge is -2.18. The van der Waals surface area contributed by atoms with Crippen molar-refractivity contribution >= 4 is 34.0 Å². The SMILES string of the molecule is COc1ccc(-c2nc(N3CCCCCC3)sc2CC(=O)O)cc1Cl. The van der Waals surface area contributed by atoms with Crippen LogP contribution in [0, 0.1) is 0 Å². The van der Waals surface area contributed by atoms with Crippen LogP contribution in [0.25, 0.3) is 11.3 Å². The van der Waals surface area contributed by atoms with Crippen LogP contribution in [0.3, 0.4) is 0 Å². The summed E-state index contributed by atoms with van der Waals surface area (Å²) < 4.78 is 5.19. The van der Waals surface area contributed by atoms with Gasteiger partial charge in [-0.25, -0.2) is 4.98 Å². The summed E-state index contributed by atoms with van der Waals surface area (Å²) in [5.74, 6) is -0.264. The average molecular weight is 381 g/mol. The van der Waals surface area contributed by atoms with Crippen LogP contribution in [-0.2, 0) is 11.2 Å². The highest BCUT2D eigenvalue weighted by Gasteiger charge is 2.20. The van der Waals surface area contributed by atoms with E-state index >= 15 is 0 Å². The normalized spacial score (nSPS) is 15.0. The molecule has 1 aromatic heterocycles. The molecule has 0 unspecified atom stereocenters. The van der Waals surface area contributed by atoms with Gasteiger partial charge in [0.15, 0.2) is 5.13 Å². The quantitative estimate of drug-likeness (QED) is 0.828. The van der Waals surface area contributed by atoms with E-state index in [0.29, 0.717) is 16.5 Å². The predicted molar refractivity (Wildman–Crippen MR) is 101 cm³/mol. The van der Waals surface area contributed by atoms with Crippen molar-refractivity contribution in [2.75, 3.05) is 25.1 Å². The number of hydrogen-bond donors (Lipinski definition) is 1. The second kappa shape index (κ2) is 8.06. The summed E-state index contributed by atoms with van der Waals surface area (Å²) in [5.41, 5.74) is 1.52. The first kappa shape index (κ1) is 18.0. The number of hydrogen-bond acceptors (Lipinski definition) is 5. The van der Waals surface area contributed by atoms with Gasteiger partial charge in [0.1, 0.15) is 5.75 Å². The van der Waals surface area contributed by atoms with E-state index in [1.807, 2.05) is 6.07 Å². The molecule has 1 aliphatic rings. The van der Waals surface area contributed by atoms with Crippen molar-refractivity contribution in [1.82, 2.24) is 4.98 Å². The van der Waals surface area contributed by atoms with Crippen molar-refractivity contribution in [3.63, 3.8) is 0 Å². The minimum Gasteiger partial charge on any atom is -0.495 e. The minimum atomic E-state index is -0.855. The molecule has 0 amide bonds. The van der Waals surface area contributed by atoms with Crippen molar-refractivity contribution in [3.8, 4) is 17.0 Å². The number of benzene rings is 1. The number of nitrogens with zero attached hydrogens (tertiary/aromatic N) is 2. The molecule has 1 fully saturated rings. The van der Waals surface area contributed by atoms with Gasteiger partial charge in [-0.3, -0.25) is 4.79 Å². The maximum absolute atomic E-state index is 11.3. The van der Waals surface area contributed by atoms with Crippen LogP contribution in [-0.4, -0.2) is 36.3 Å². The molecular weight excluding hydrogens is 360 g/mol. The highest BCUT2D eigenvalue weighted by molar-refractivity contribution is 7.16. The summed E-state index contributed by atoms with van der Waals surface area (Å²) in [7, 11) is 1.57. The van der Waals surface area contributed by atoms with E-state index in [1.54, 1.807) is 19.2 Å². The van der Waals surface area contributed by atoms with Crippen molar-refractivity contribution < 1.29 is 14.6 Å². The number of aromatic nitrogens is 1. The molecule has 0 saturated carbocycles. The lowest BCUT2D eigenvalue weighted by Crippen LogP contribution is -2.23. The Hall–Kier alpha value is -1.79. The highest BCUT2D eigenvalue weighted by Crippen LogP contribution is 2.37. The maximum Gasteiger partial charge on any atom is 0.308 e. The molecule has 1 aromatic carbocycles. The Morgan fingerprint density at radius 3 is 2.64 bits per heavy atom. The molecule has 0 atom stereocenters. The van der Waals surface area contributed by atoms with Gasteiger partial charge < -0.3 is 14.7 Å². The number of aliphatic carboxylic acids is 1. The van der Waals surface area contributed by atoms with E-state index in [4.69, 9.17) is 21.3 Å². The molecule has 0 spiro atoms. The smallest absolute Gasteiger partial charge is 0.308 e. The fraction of sp³-hybridized carbons (Fsp3) is 0.444. The van der Waals surface area contributed by atoms with E-state index in [2.05, 4.69) is 4.90 Å². The molecular formula is C18H21ClN2O3S. The van der Waals surface area contributed by atoms with E-state index in [0.717, 1.165) is 41.5 Å². The van der Waals surface area contributed by atoms with Crippen LogP contribution in [0.15, 0.2) is 18.2 Å². The fourth-order valence-corrected chi connectivity index (χ4v) is 4.42. The summed E-state index contributed by atoms with van der Waals surface area (Å²) in [6, 6.07) is 5.44. The van der Waals surface area contributed by atoms with Crippen molar-refractivity contribution in [3.05, 3.63) is 28.1 Å². The Balaban J connectivity index is 1.98. The van der Waals surface area contributed by atoms with Crippen LogP contribution >= 0.6 is 22.9 Å². The van der Waals surface area contributed by atoms with Crippen LogP contribution in [0.2, 0.25) is 5.02 Å². The standard InChI is InChI=1S/C18H21ClN2O3S/c1-24-14-7-6-12(10-13(14)19)17-15(11-16(22)23)25-18(20-17)21-8-4-2-3-5-9-21/h6-7,10H,2-5,8-9,11H2,1H3,(H,22,23). The fourth-order valence-electron chi connectivity index (χ4n) is 3.03. The first-order chi connectivity index (χ1) is 12.1. The van der Waals surface area contributed by atoms with Gasteiger partial charge in [-0.15, -0.1) is 11.3 Å². The second-order valence-electron chi connectivity index (χ2n) is 6.09. The third kappa shape index (κ3) is 4.25. The Morgan fingerprint density at radius 2 is 2.04 bits per heavy atom. The van der Waals surface area contributed by atoms with Crippen molar-refractivity contribution in [2.45, 2.75) is 32.1 Å². The van der Waals surface area contributed by atoms with Gasteiger partial charge in [0.05, 0.1) is 24.2 Å². The Bertz CT molecular complexity index is 755. The molecule has 3 rings (SSSR count). The minimum absolute atomic E-state index is 0.0372. The Kier molecular flexibility index (Phi) is 5.81. The van der Waals surface area contributed by atoms with Gasteiger partial charge in [-0.2, -0.15) is 0 Å². The highest BCUT2D eigenvalue weighted by atomic mass is 35.5. The number of carboxylic acids is 1. The van der Waals surface area contributed by atoms with Gasteiger partial charge in [-0.05, 0) is 31.0 Å². The van der Waals surface area contributed by atoms with Crippen LogP contribution in [0.1, 0.15) is 30.6 Å². The largest absolute Gasteiger partial charge is 0.495 e. The molecule has 0 aliphatic carbocycles. The third-order valence-electron chi connectivity index (χ3n) is 4.30. The lowest BCUT2D eigenvalue weighted by molar-refractivity contribution is -0.136. The molecule has 1 saturated heterocycles. The van der Waals surface area contributed by atoms with E-state index in [1.165, 1.54) is 24.2 Å². The molecule has 2 aromatic rings. The molecule has 5 nitrogen and oxygen atoms in total. The topological polar surface area (TPSA) is 62.7 Å². The van der Waals surface area contributed by atoms with E-state index < -0.39 is 5.97 Å². The number of ether oxygens (including phenoxy) is 1. The number of anilines is 1. The number of carbonyl (C=O) groups is 1. The zero-order chi connectivity index (χ0) is 17.8. The molecule has 25 heavy (non-hydrogen) atoms. The molecule has 1 aliphatic heterocycles. The number of rotatable bonds is 5. The first-order valence-electron chi connectivity index (χ1n) is 8.39. The van der Waals surface area contributed by atoms with E-state index in [9.17, 15) is 9.90 Å². The Morgan fingerprint density at radius 1 is 1.32 bits per heavy atom. The predicted octanol–water partition coefficient (Wildman–Crippen LogP) is 4.48. The van der Waals surface area contributed by atoms with Crippen molar-refractivity contribution in [2.24, 2.45) is 0 Å². The van der Waals surface area contributed by atoms with Gasteiger partial charge in [0, 0.05) is 23.5 Å². The van der Waals surface area contributed by atoms with E-state index in [-0.39, 0.29) is 6.42 Å². The van der Waals surface area contributed by atoms with Gasteiger partial charge >= 0.3 is 5.97 Å². The monoisotopic (exact) mass is 380 g/mol. The maximum atomic E-state index is 11.3. The molecule has 2 heterocycles. The van der Waals surface area contributed by atoms with Crippen LogP contribution in [0.5, 0.6) is 5.75 Å². The van der Waals surface area contributed by atoms with Gasteiger partial charge in [-0.1, -0.05) is 24.4 Å². The molecule has 7 heteroatoms. The molecule has 1 N–H and O–H groups in total. The van der Waals surface area contributed by atoms with Crippen LogP contribution < -0.4 is 9.64 Å². The number of thiazole rings is 1.